The predicted molar refractivity (Wildman–Crippen MR) is 105 cm³/mol. The molecule has 1 aliphatic rings. The lowest BCUT2D eigenvalue weighted by atomic mass is 10.2. The number of carbonyl (C=O) groups is 1. The van der Waals surface area contributed by atoms with Crippen LogP contribution in [0.25, 0.3) is 20.4 Å². The number of morpholine rings is 1. The number of hydrogen-bond acceptors (Lipinski definition) is 7. The van der Waals surface area contributed by atoms with Gasteiger partial charge in [0.2, 0.25) is 0 Å². The van der Waals surface area contributed by atoms with E-state index in [9.17, 15) is 4.79 Å². The zero-order valence-electron chi connectivity index (χ0n) is 13.7. The summed E-state index contributed by atoms with van der Waals surface area (Å²) in [6, 6.07) is 7.60. The molecular weight excluding hydrogens is 370 g/mol. The van der Waals surface area contributed by atoms with E-state index in [0.29, 0.717) is 4.88 Å². The molecule has 1 fully saturated rings. The molecule has 1 amide bonds. The van der Waals surface area contributed by atoms with Gasteiger partial charge in [-0.15, -0.1) is 11.3 Å². The summed E-state index contributed by atoms with van der Waals surface area (Å²) in [5, 5.41) is 11.8. The summed E-state index contributed by atoms with van der Waals surface area (Å²) >= 11 is 3.05. The lowest BCUT2D eigenvalue weighted by Crippen LogP contribution is -2.36. The van der Waals surface area contributed by atoms with Crippen LogP contribution in [0.5, 0.6) is 0 Å². The number of benzene rings is 1. The number of rotatable bonds is 3. The van der Waals surface area contributed by atoms with Crippen LogP contribution in [-0.2, 0) is 4.74 Å². The predicted octanol–water partition coefficient (Wildman–Crippen LogP) is 3.32. The fourth-order valence-corrected chi connectivity index (χ4v) is 5.10. The molecule has 0 unspecified atom stereocenters. The highest BCUT2D eigenvalue weighted by atomic mass is 32.1. The average molecular weight is 385 g/mol. The number of fused-ring (bicyclic) bond motifs is 2. The highest BCUT2D eigenvalue weighted by Crippen LogP contribution is 2.35. The number of ether oxygens (including phenoxy) is 1. The van der Waals surface area contributed by atoms with E-state index in [1.807, 2.05) is 24.3 Å². The van der Waals surface area contributed by atoms with Crippen LogP contribution in [0.3, 0.4) is 0 Å². The third kappa shape index (κ3) is 2.83. The minimum atomic E-state index is -0.115. The van der Waals surface area contributed by atoms with Gasteiger partial charge in [0.25, 0.3) is 5.91 Å². The molecule has 3 aromatic heterocycles. The van der Waals surface area contributed by atoms with Crippen LogP contribution in [-0.4, -0.2) is 47.4 Å². The van der Waals surface area contributed by atoms with Crippen molar-refractivity contribution in [2.24, 2.45) is 0 Å². The normalized spacial score (nSPS) is 15.0. The fraction of sp³-hybridized carbons (Fsp3) is 0.235. The van der Waals surface area contributed by atoms with Gasteiger partial charge in [-0.2, -0.15) is 5.10 Å². The highest BCUT2D eigenvalue weighted by molar-refractivity contribution is 7.29. The number of thiazole rings is 1. The fourth-order valence-electron chi connectivity index (χ4n) is 2.94. The topological polar surface area (TPSA) is 83.1 Å². The van der Waals surface area contributed by atoms with Crippen LogP contribution < -0.4 is 10.2 Å². The highest BCUT2D eigenvalue weighted by Gasteiger charge is 2.19. The number of nitrogens with one attached hydrogen (secondary N) is 2. The Morgan fingerprint density at radius 2 is 2.12 bits per heavy atom. The molecule has 0 saturated carbocycles. The smallest absolute Gasteiger partial charge is 0.265 e. The van der Waals surface area contributed by atoms with Gasteiger partial charge in [-0.3, -0.25) is 9.89 Å². The first kappa shape index (κ1) is 15.7. The Kier molecular flexibility index (Phi) is 3.84. The first-order valence-electron chi connectivity index (χ1n) is 8.24. The maximum absolute atomic E-state index is 12.6. The summed E-state index contributed by atoms with van der Waals surface area (Å²) in [5.74, 6) is -0.115. The van der Waals surface area contributed by atoms with E-state index in [0.717, 1.165) is 57.6 Å². The molecule has 0 spiro atoms. The van der Waals surface area contributed by atoms with Crippen molar-refractivity contribution < 1.29 is 9.53 Å². The summed E-state index contributed by atoms with van der Waals surface area (Å²) in [7, 11) is 0. The van der Waals surface area contributed by atoms with E-state index < -0.39 is 0 Å². The second-order valence-corrected chi connectivity index (χ2v) is 8.04. The van der Waals surface area contributed by atoms with Gasteiger partial charge in [0.1, 0.15) is 4.83 Å². The molecule has 4 heterocycles. The Labute approximate surface area is 156 Å². The van der Waals surface area contributed by atoms with E-state index in [1.54, 1.807) is 17.5 Å². The van der Waals surface area contributed by atoms with E-state index in [1.165, 1.54) is 11.3 Å². The van der Waals surface area contributed by atoms with Gasteiger partial charge < -0.3 is 15.0 Å². The van der Waals surface area contributed by atoms with Crippen LogP contribution >= 0.6 is 22.7 Å². The molecule has 0 radical (unpaired) electrons. The third-order valence-corrected chi connectivity index (χ3v) is 6.50. The van der Waals surface area contributed by atoms with Crippen molar-refractivity contribution in [3.8, 4) is 0 Å². The number of H-pyrrole nitrogens is 1. The van der Waals surface area contributed by atoms with Crippen molar-refractivity contribution in [1.82, 2.24) is 15.2 Å². The zero-order chi connectivity index (χ0) is 17.5. The molecule has 26 heavy (non-hydrogen) atoms. The van der Waals surface area contributed by atoms with Crippen LogP contribution in [0.1, 0.15) is 9.67 Å². The van der Waals surface area contributed by atoms with Gasteiger partial charge in [-0.1, -0.05) is 11.3 Å². The molecule has 4 aromatic rings. The van der Waals surface area contributed by atoms with Gasteiger partial charge in [-0.25, -0.2) is 4.98 Å². The second-order valence-electron chi connectivity index (χ2n) is 6.00. The number of nitrogens with zero attached hydrogens (tertiary/aromatic N) is 3. The van der Waals surface area contributed by atoms with E-state index >= 15 is 0 Å². The molecule has 0 aliphatic carbocycles. The number of aromatic nitrogens is 3. The first-order valence-corrected chi connectivity index (χ1v) is 9.87. The van der Waals surface area contributed by atoms with Crippen molar-refractivity contribution in [2.45, 2.75) is 0 Å². The van der Waals surface area contributed by atoms with Crippen molar-refractivity contribution in [2.75, 3.05) is 36.5 Å². The van der Waals surface area contributed by atoms with Crippen molar-refractivity contribution in [3.63, 3.8) is 0 Å². The molecule has 2 N–H and O–H groups in total. The van der Waals surface area contributed by atoms with Crippen LogP contribution in [0, 0.1) is 0 Å². The molecule has 1 aliphatic heterocycles. The first-order chi connectivity index (χ1) is 12.8. The molecule has 7 nitrogen and oxygen atoms in total. The van der Waals surface area contributed by atoms with Crippen molar-refractivity contribution in [1.29, 1.82) is 0 Å². The quantitative estimate of drug-likeness (QED) is 0.565. The maximum atomic E-state index is 12.6. The Morgan fingerprint density at radius 1 is 1.23 bits per heavy atom. The lowest BCUT2D eigenvalue weighted by molar-refractivity contribution is 0.103. The SMILES string of the molecule is O=C(Nc1ccc2[nH]ncc2c1)c1cc2sc(N3CCOCC3)nc2s1. The number of aromatic amines is 1. The molecule has 9 heteroatoms. The lowest BCUT2D eigenvalue weighted by Gasteiger charge is -2.25. The maximum Gasteiger partial charge on any atom is 0.265 e. The Balaban J connectivity index is 1.36. The van der Waals surface area contributed by atoms with E-state index in [4.69, 9.17) is 9.72 Å². The number of anilines is 2. The van der Waals surface area contributed by atoms with Gasteiger partial charge in [0.15, 0.2) is 5.13 Å². The number of amides is 1. The van der Waals surface area contributed by atoms with Gasteiger partial charge in [0, 0.05) is 24.2 Å². The average Bonchev–Trinajstić information content (AvgIpc) is 3.36. The van der Waals surface area contributed by atoms with E-state index in [2.05, 4.69) is 20.4 Å². The monoisotopic (exact) mass is 385 g/mol. The molecule has 132 valence electrons. The molecular formula is C17H15N5O2S2. The standard InChI is InChI=1S/C17H15N5O2S2/c23-15(19-11-1-2-12-10(7-11)9-18-21-12)13-8-14-16(25-13)20-17(26-14)22-3-5-24-6-4-22/h1-2,7-9H,3-6H2,(H,18,21)(H,19,23). The van der Waals surface area contributed by atoms with Crippen molar-refractivity contribution >= 4 is 59.8 Å². The molecule has 0 atom stereocenters. The molecule has 1 saturated heterocycles. The second kappa shape index (κ2) is 6.35. The molecule has 1 aromatic carbocycles. The molecule has 0 bridgehead atoms. The minimum absolute atomic E-state index is 0.115. The summed E-state index contributed by atoms with van der Waals surface area (Å²) in [5.41, 5.74) is 1.70. The number of thiophene rings is 1. The van der Waals surface area contributed by atoms with Gasteiger partial charge >= 0.3 is 0 Å². The Hall–Kier alpha value is -2.49. The summed E-state index contributed by atoms with van der Waals surface area (Å²) in [4.78, 5) is 21.1. The number of carbonyl (C=O) groups excluding carboxylic acids is 1. The van der Waals surface area contributed by atoms with Gasteiger partial charge in [0.05, 0.1) is 34.5 Å². The van der Waals surface area contributed by atoms with E-state index in [-0.39, 0.29) is 5.91 Å². The van der Waals surface area contributed by atoms with Crippen molar-refractivity contribution in [3.05, 3.63) is 35.3 Å². The summed E-state index contributed by atoms with van der Waals surface area (Å²) in [6.45, 7) is 3.21. The third-order valence-electron chi connectivity index (χ3n) is 4.28. The van der Waals surface area contributed by atoms with Crippen LogP contribution in [0.15, 0.2) is 30.5 Å². The minimum Gasteiger partial charge on any atom is -0.378 e. The molecule has 5 rings (SSSR count). The number of hydrogen-bond donors (Lipinski definition) is 2. The van der Waals surface area contributed by atoms with Crippen LogP contribution in [0.4, 0.5) is 10.8 Å². The summed E-state index contributed by atoms with van der Waals surface area (Å²) < 4.78 is 6.43. The zero-order valence-corrected chi connectivity index (χ0v) is 15.3. The Morgan fingerprint density at radius 3 is 2.96 bits per heavy atom. The largest absolute Gasteiger partial charge is 0.378 e. The Bertz CT molecular complexity index is 1060. The summed E-state index contributed by atoms with van der Waals surface area (Å²) in [6.07, 6.45) is 1.74. The van der Waals surface area contributed by atoms with Gasteiger partial charge in [-0.05, 0) is 24.3 Å². The van der Waals surface area contributed by atoms with Crippen LogP contribution in [0.2, 0.25) is 0 Å².